The molecule has 172 valence electrons. The second-order valence-corrected chi connectivity index (χ2v) is 11.2. The first kappa shape index (κ1) is 21.9. The minimum Gasteiger partial charge on any atom is -0.381 e. The van der Waals surface area contributed by atoms with Crippen molar-refractivity contribution in [3.63, 3.8) is 0 Å². The van der Waals surface area contributed by atoms with Crippen LogP contribution in [0.1, 0.15) is 61.8 Å². The molecule has 4 aliphatic heterocycles. The average Bonchev–Trinajstić information content (AvgIpc) is 3.26. The second kappa shape index (κ2) is 10.3. The Labute approximate surface area is 191 Å². The monoisotopic (exact) mass is 445 g/mol. The van der Waals surface area contributed by atoms with Crippen molar-refractivity contribution < 1.29 is 9.53 Å². The van der Waals surface area contributed by atoms with Gasteiger partial charge in [-0.3, -0.25) is 14.6 Å². The van der Waals surface area contributed by atoms with Gasteiger partial charge in [0.2, 0.25) is 5.91 Å². The number of hydrogen-bond acceptors (Lipinski definition) is 5. The summed E-state index contributed by atoms with van der Waals surface area (Å²) in [7, 11) is 0. The van der Waals surface area contributed by atoms with Crippen LogP contribution >= 0.6 is 11.3 Å². The van der Waals surface area contributed by atoms with E-state index in [1.165, 1.54) is 62.2 Å². The summed E-state index contributed by atoms with van der Waals surface area (Å²) in [5.74, 6) is 1.26. The quantitative estimate of drug-likeness (QED) is 0.687. The maximum atomic E-state index is 13.0. The van der Waals surface area contributed by atoms with E-state index in [0.717, 1.165) is 58.7 Å². The van der Waals surface area contributed by atoms with Gasteiger partial charge in [-0.2, -0.15) is 0 Å². The van der Waals surface area contributed by atoms with Gasteiger partial charge in [-0.1, -0.05) is 6.42 Å². The first-order valence-electron chi connectivity index (χ1n) is 12.7. The van der Waals surface area contributed by atoms with E-state index in [-0.39, 0.29) is 5.92 Å². The largest absolute Gasteiger partial charge is 0.381 e. The van der Waals surface area contributed by atoms with Crippen LogP contribution in [0.3, 0.4) is 0 Å². The molecule has 0 saturated carbocycles. The molecular weight excluding hydrogens is 406 g/mol. The Bertz CT molecular complexity index is 726. The number of carbonyl (C=O) groups is 1. The number of rotatable bonds is 5. The highest BCUT2D eigenvalue weighted by Crippen LogP contribution is 2.34. The van der Waals surface area contributed by atoms with Crippen LogP contribution in [-0.4, -0.2) is 72.6 Å². The molecule has 5 heterocycles. The molecule has 1 amide bonds. The second-order valence-electron chi connectivity index (χ2n) is 10.2. The maximum Gasteiger partial charge on any atom is 0.225 e. The summed E-state index contributed by atoms with van der Waals surface area (Å²) in [6.07, 6.45) is 9.65. The minimum atomic E-state index is 0.203. The van der Waals surface area contributed by atoms with E-state index in [9.17, 15) is 4.79 Å². The Kier molecular flexibility index (Phi) is 7.29. The summed E-state index contributed by atoms with van der Waals surface area (Å²) in [6, 6.07) is 3.12. The van der Waals surface area contributed by atoms with Crippen LogP contribution < -0.4 is 0 Å². The number of nitrogens with zero attached hydrogens (tertiary/aromatic N) is 3. The van der Waals surface area contributed by atoms with Gasteiger partial charge < -0.3 is 9.64 Å². The molecule has 2 atom stereocenters. The first-order valence-corrected chi connectivity index (χ1v) is 13.5. The first-order chi connectivity index (χ1) is 15.3. The van der Waals surface area contributed by atoms with Gasteiger partial charge in [0.1, 0.15) is 0 Å². The topological polar surface area (TPSA) is 36.0 Å². The molecule has 0 spiro atoms. The molecular formula is C25H39N3O2S. The SMILES string of the molecule is O=C(C1CCOCC1)N1CC[C@H]2[C@H](CCCN2Cc2cc(CN3CCCCC3)cs2)C1. The lowest BCUT2D eigenvalue weighted by atomic mass is 9.83. The number of likely N-dealkylation sites (tertiary alicyclic amines) is 3. The molecule has 0 unspecified atom stereocenters. The molecule has 0 radical (unpaired) electrons. The number of fused-ring (bicyclic) bond motifs is 1. The van der Waals surface area contributed by atoms with Crippen LogP contribution in [0.2, 0.25) is 0 Å². The fourth-order valence-corrected chi connectivity index (χ4v) is 7.18. The predicted molar refractivity (Wildman–Crippen MR) is 125 cm³/mol. The molecule has 5 nitrogen and oxygen atoms in total. The highest BCUT2D eigenvalue weighted by atomic mass is 32.1. The van der Waals surface area contributed by atoms with Gasteiger partial charge in [-0.15, -0.1) is 11.3 Å². The molecule has 4 aliphatic rings. The minimum absolute atomic E-state index is 0.203. The molecule has 0 bridgehead atoms. The highest BCUT2D eigenvalue weighted by Gasteiger charge is 2.38. The Balaban J connectivity index is 1.15. The van der Waals surface area contributed by atoms with E-state index in [2.05, 4.69) is 26.1 Å². The Morgan fingerprint density at radius 1 is 0.968 bits per heavy atom. The third-order valence-corrected chi connectivity index (χ3v) is 8.96. The Morgan fingerprint density at radius 3 is 2.65 bits per heavy atom. The molecule has 5 rings (SSSR count). The summed E-state index contributed by atoms with van der Waals surface area (Å²) in [4.78, 5) is 22.1. The van der Waals surface area contributed by atoms with Gasteiger partial charge in [-0.25, -0.2) is 0 Å². The fraction of sp³-hybridized carbons (Fsp3) is 0.800. The van der Waals surface area contributed by atoms with Crippen molar-refractivity contribution >= 4 is 17.2 Å². The summed E-state index contributed by atoms with van der Waals surface area (Å²) < 4.78 is 5.46. The van der Waals surface area contributed by atoms with Crippen molar-refractivity contribution in [1.29, 1.82) is 0 Å². The lowest BCUT2D eigenvalue weighted by Crippen LogP contribution is -2.55. The van der Waals surface area contributed by atoms with E-state index in [1.54, 1.807) is 0 Å². The molecule has 0 aliphatic carbocycles. The van der Waals surface area contributed by atoms with Crippen LogP contribution in [0.4, 0.5) is 0 Å². The van der Waals surface area contributed by atoms with Gasteiger partial charge in [0, 0.05) is 56.2 Å². The van der Waals surface area contributed by atoms with Crippen molar-refractivity contribution in [2.75, 3.05) is 45.9 Å². The lowest BCUT2D eigenvalue weighted by molar-refractivity contribution is -0.142. The smallest absolute Gasteiger partial charge is 0.225 e. The third kappa shape index (κ3) is 5.35. The van der Waals surface area contributed by atoms with Crippen LogP contribution in [0.25, 0.3) is 0 Å². The van der Waals surface area contributed by atoms with E-state index in [0.29, 0.717) is 17.9 Å². The number of amides is 1. The standard InChI is InChI=1S/C25H39N3O2S/c29-25(21-7-13-30-14-8-21)28-12-6-24-22(17-28)5-4-11-27(24)18-23-15-20(19-31-23)16-26-9-2-1-3-10-26/h15,19,21-22,24H,1-14,16-18H2/t22-,24+/m1/s1. The van der Waals surface area contributed by atoms with E-state index >= 15 is 0 Å². The van der Waals surface area contributed by atoms with Crippen LogP contribution in [0, 0.1) is 11.8 Å². The molecule has 6 heteroatoms. The van der Waals surface area contributed by atoms with Crippen molar-refractivity contribution in [3.05, 3.63) is 21.9 Å². The highest BCUT2D eigenvalue weighted by molar-refractivity contribution is 7.10. The molecule has 1 aromatic heterocycles. The molecule has 0 N–H and O–H groups in total. The Morgan fingerprint density at radius 2 is 1.81 bits per heavy atom. The molecule has 31 heavy (non-hydrogen) atoms. The number of carbonyl (C=O) groups excluding carboxylic acids is 1. The zero-order chi connectivity index (χ0) is 21.0. The van der Waals surface area contributed by atoms with Gasteiger partial charge >= 0.3 is 0 Å². The lowest BCUT2D eigenvalue weighted by Gasteiger charge is -2.47. The predicted octanol–water partition coefficient (Wildman–Crippen LogP) is 3.97. The van der Waals surface area contributed by atoms with Gasteiger partial charge in [-0.05, 0) is 87.5 Å². The van der Waals surface area contributed by atoms with Crippen LogP contribution in [-0.2, 0) is 22.6 Å². The molecule has 0 aromatic carbocycles. The van der Waals surface area contributed by atoms with E-state index < -0.39 is 0 Å². The third-order valence-electron chi connectivity index (χ3n) is 7.99. The summed E-state index contributed by atoms with van der Waals surface area (Å²) >= 11 is 1.95. The molecule has 1 aromatic rings. The van der Waals surface area contributed by atoms with E-state index in [4.69, 9.17) is 4.74 Å². The van der Waals surface area contributed by atoms with Gasteiger partial charge in [0.05, 0.1) is 0 Å². The van der Waals surface area contributed by atoms with Crippen molar-refractivity contribution in [1.82, 2.24) is 14.7 Å². The van der Waals surface area contributed by atoms with Gasteiger partial charge in [0.15, 0.2) is 0 Å². The van der Waals surface area contributed by atoms with Crippen LogP contribution in [0.5, 0.6) is 0 Å². The number of piperidine rings is 3. The summed E-state index contributed by atoms with van der Waals surface area (Å²) in [5, 5.41) is 2.39. The molecule has 4 saturated heterocycles. The summed E-state index contributed by atoms with van der Waals surface area (Å²) in [6.45, 7) is 9.41. The number of hydrogen-bond donors (Lipinski definition) is 0. The fourth-order valence-electron chi connectivity index (χ4n) is 6.27. The van der Waals surface area contributed by atoms with E-state index in [1.807, 2.05) is 11.3 Å². The number of ether oxygens (including phenoxy) is 1. The van der Waals surface area contributed by atoms with Crippen molar-refractivity contribution in [3.8, 4) is 0 Å². The average molecular weight is 446 g/mol. The normalized spacial score (nSPS) is 29.1. The molecule has 4 fully saturated rings. The summed E-state index contributed by atoms with van der Waals surface area (Å²) in [5.41, 5.74) is 1.51. The number of thiophene rings is 1. The van der Waals surface area contributed by atoms with Crippen LogP contribution in [0.15, 0.2) is 11.4 Å². The Hall–Kier alpha value is -0.950. The van der Waals surface area contributed by atoms with Crippen molar-refractivity contribution in [2.24, 2.45) is 11.8 Å². The maximum absolute atomic E-state index is 13.0. The zero-order valence-electron chi connectivity index (χ0n) is 19.0. The zero-order valence-corrected chi connectivity index (χ0v) is 19.8. The van der Waals surface area contributed by atoms with Gasteiger partial charge in [0.25, 0.3) is 0 Å². The van der Waals surface area contributed by atoms with Crippen molar-refractivity contribution in [2.45, 2.75) is 70.5 Å².